The van der Waals surface area contributed by atoms with Gasteiger partial charge in [-0.15, -0.1) is 0 Å². The molecule has 10 nitrogen and oxygen atoms in total. The summed E-state index contributed by atoms with van der Waals surface area (Å²) in [6.45, 7) is 0.299. The summed E-state index contributed by atoms with van der Waals surface area (Å²) in [4.78, 5) is 46.2. The van der Waals surface area contributed by atoms with E-state index in [2.05, 4.69) is 20.6 Å². The van der Waals surface area contributed by atoms with Gasteiger partial charge in [-0.3, -0.25) is 29.9 Å². The summed E-state index contributed by atoms with van der Waals surface area (Å²) in [7, 11) is 0. The van der Waals surface area contributed by atoms with E-state index >= 15 is 0 Å². The second-order valence-electron chi connectivity index (χ2n) is 8.29. The summed E-state index contributed by atoms with van der Waals surface area (Å²) < 4.78 is 5.72. The molecule has 3 heterocycles. The largest absolute Gasteiger partial charge is 0.487 e. The third kappa shape index (κ3) is 3.94. The normalized spacial score (nSPS) is 23.3. The van der Waals surface area contributed by atoms with Crippen LogP contribution in [0.4, 0.5) is 5.95 Å². The predicted molar refractivity (Wildman–Crippen MR) is 111 cm³/mol. The number of piperidine rings is 1. The van der Waals surface area contributed by atoms with Crippen molar-refractivity contribution in [1.82, 2.24) is 20.2 Å². The topological polar surface area (TPSA) is 134 Å². The van der Waals surface area contributed by atoms with Gasteiger partial charge in [-0.25, -0.2) is 9.97 Å². The Hall–Kier alpha value is -3.37. The first-order chi connectivity index (χ1) is 15.5. The number of imide groups is 1. The summed E-state index contributed by atoms with van der Waals surface area (Å²) in [5.74, 6) is -0.349. The Kier molecular flexibility index (Phi) is 5.32. The molecule has 1 saturated carbocycles. The standard InChI is InChI=1S/C22H23N5O5/c28-18-7-6-17(20(30)25-18)27-11-13-8-12(4-5-16(13)21(27)31)19(29)26-22-23-9-15(10-24-22)32-14-2-1-3-14/h4-5,8-10,14,17,21,31H,1-3,6-7,11H2,(H,25,28,30)(H,23,24,26,29). The number of hydrogen-bond donors (Lipinski definition) is 3. The third-order valence-electron chi connectivity index (χ3n) is 6.17. The molecule has 0 spiro atoms. The van der Waals surface area contributed by atoms with Crippen LogP contribution in [0.3, 0.4) is 0 Å². The van der Waals surface area contributed by atoms with Gasteiger partial charge >= 0.3 is 0 Å². The minimum Gasteiger partial charge on any atom is -0.487 e. The lowest BCUT2D eigenvalue weighted by atomic mass is 9.96. The highest BCUT2D eigenvalue weighted by molar-refractivity contribution is 6.03. The van der Waals surface area contributed by atoms with Gasteiger partial charge in [0.05, 0.1) is 24.5 Å². The zero-order valence-electron chi connectivity index (χ0n) is 17.3. The minimum absolute atomic E-state index is 0.168. The molecule has 1 aliphatic carbocycles. The zero-order valence-corrected chi connectivity index (χ0v) is 17.3. The van der Waals surface area contributed by atoms with E-state index in [9.17, 15) is 19.5 Å². The SMILES string of the molecule is O=C1CCC(N2Cc3cc(C(=O)Nc4ncc(OC5CCC5)cn4)ccc3C2O)C(=O)N1. The number of carbonyl (C=O) groups excluding carboxylic acids is 3. The number of amides is 3. The molecular weight excluding hydrogens is 414 g/mol. The highest BCUT2D eigenvalue weighted by Crippen LogP contribution is 2.35. The van der Waals surface area contributed by atoms with Crippen molar-refractivity contribution in [3.8, 4) is 5.75 Å². The first-order valence-corrected chi connectivity index (χ1v) is 10.7. The fourth-order valence-corrected chi connectivity index (χ4v) is 4.17. The maximum Gasteiger partial charge on any atom is 0.258 e. The van der Waals surface area contributed by atoms with E-state index in [4.69, 9.17) is 4.74 Å². The van der Waals surface area contributed by atoms with Crippen LogP contribution in [0.1, 0.15) is 59.8 Å². The fourth-order valence-electron chi connectivity index (χ4n) is 4.17. The van der Waals surface area contributed by atoms with Crippen molar-refractivity contribution in [2.75, 3.05) is 5.32 Å². The predicted octanol–water partition coefficient (Wildman–Crippen LogP) is 1.27. The van der Waals surface area contributed by atoms with Crippen LogP contribution in [-0.4, -0.2) is 49.8 Å². The van der Waals surface area contributed by atoms with Gasteiger partial charge in [0.1, 0.15) is 6.23 Å². The van der Waals surface area contributed by atoms with Crippen molar-refractivity contribution in [2.24, 2.45) is 0 Å². The second-order valence-corrected chi connectivity index (χ2v) is 8.29. The van der Waals surface area contributed by atoms with Gasteiger partial charge < -0.3 is 9.84 Å². The molecule has 1 saturated heterocycles. The van der Waals surface area contributed by atoms with Crippen molar-refractivity contribution in [1.29, 1.82) is 0 Å². The monoisotopic (exact) mass is 437 g/mol. The number of hydrogen-bond acceptors (Lipinski definition) is 8. The smallest absolute Gasteiger partial charge is 0.258 e. The van der Waals surface area contributed by atoms with E-state index in [-0.39, 0.29) is 30.3 Å². The van der Waals surface area contributed by atoms with E-state index in [1.165, 1.54) is 18.8 Å². The third-order valence-corrected chi connectivity index (χ3v) is 6.17. The van der Waals surface area contributed by atoms with Gasteiger partial charge in [-0.2, -0.15) is 0 Å². The number of nitrogens with zero attached hydrogens (tertiary/aromatic N) is 3. The highest BCUT2D eigenvalue weighted by Gasteiger charge is 2.39. The first kappa shape index (κ1) is 20.5. The maximum atomic E-state index is 12.7. The lowest BCUT2D eigenvalue weighted by molar-refractivity contribution is -0.141. The molecule has 1 aromatic heterocycles. The number of aliphatic hydroxyl groups excluding tert-OH is 1. The Labute approximate surface area is 184 Å². The molecule has 1 aromatic carbocycles. The van der Waals surface area contributed by atoms with Crippen LogP contribution in [0, 0.1) is 0 Å². The molecular formula is C22H23N5O5. The number of benzene rings is 1. The van der Waals surface area contributed by atoms with Gasteiger partial charge in [0, 0.05) is 18.5 Å². The lowest BCUT2D eigenvalue weighted by Crippen LogP contribution is -2.51. The molecule has 2 fully saturated rings. The van der Waals surface area contributed by atoms with Gasteiger partial charge in [0.25, 0.3) is 5.91 Å². The Bertz CT molecular complexity index is 1070. The number of nitrogens with one attached hydrogen (secondary N) is 2. The number of aliphatic hydroxyl groups is 1. The fraction of sp³-hybridized carbons (Fsp3) is 0.409. The molecule has 3 N–H and O–H groups in total. The van der Waals surface area contributed by atoms with Crippen LogP contribution in [-0.2, 0) is 16.1 Å². The van der Waals surface area contributed by atoms with Crippen LogP contribution in [0.25, 0.3) is 0 Å². The molecule has 0 bridgehead atoms. The van der Waals surface area contributed by atoms with Crippen molar-refractivity contribution >= 4 is 23.7 Å². The Morgan fingerprint density at radius 1 is 1.19 bits per heavy atom. The highest BCUT2D eigenvalue weighted by atomic mass is 16.5. The summed E-state index contributed by atoms with van der Waals surface area (Å²) in [6, 6.07) is 4.38. The maximum absolute atomic E-state index is 12.7. The van der Waals surface area contributed by atoms with Crippen LogP contribution in [0.2, 0.25) is 0 Å². The molecule has 2 aromatic rings. The van der Waals surface area contributed by atoms with Crippen molar-refractivity contribution in [3.05, 3.63) is 47.3 Å². The quantitative estimate of drug-likeness (QED) is 0.596. The van der Waals surface area contributed by atoms with Gasteiger partial charge in [-0.1, -0.05) is 6.07 Å². The van der Waals surface area contributed by atoms with Gasteiger partial charge in [0.15, 0.2) is 5.75 Å². The van der Waals surface area contributed by atoms with Crippen molar-refractivity contribution in [2.45, 2.75) is 57.0 Å². The van der Waals surface area contributed by atoms with Crippen molar-refractivity contribution < 1.29 is 24.2 Å². The molecule has 32 heavy (non-hydrogen) atoms. The van der Waals surface area contributed by atoms with Crippen molar-refractivity contribution in [3.63, 3.8) is 0 Å². The van der Waals surface area contributed by atoms with Crippen LogP contribution < -0.4 is 15.4 Å². The van der Waals surface area contributed by atoms with Gasteiger partial charge in [-0.05, 0) is 48.9 Å². The second kappa shape index (κ2) is 8.29. The number of ether oxygens (including phenoxy) is 1. The van der Waals surface area contributed by atoms with E-state index in [0.29, 0.717) is 29.8 Å². The molecule has 3 aliphatic rings. The average molecular weight is 437 g/mol. The molecule has 10 heteroatoms. The van der Waals surface area contributed by atoms with E-state index in [1.54, 1.807) is 23.1 Å². The molecule has 2 aliphatic heterocycles. The number of anilines is 1. The molecule has 166 valence electrons. The summed E-state index contributed by atoms with van der Waals surface area (Å²) in [5.41, 5.74) is 1.78. The van der Waals surface area contributed by atoms with E-state index in [0.717, 1.165) is 18.4 Å². The summed E-state index contributed by atoms with van der Waals surface area (Å²) in [5, 5.41) is 15.7. The Morgan fingerprint density at radius 3 is 2.66 bits per heavy atom. The number of carbonyl (C=O) groups is 3. The van der Waals surface area contributed by atoms with Crippen LogP contribution in [0.5, 0.6) is 5.75 Å². The average Bonchev–Trinajstić information content (AvgIpc) is 3.07. The number of aromatic nitrogens is 2. The first-order valence-electron chi connectivity index (χ1n) is 10.7. The molecule has 3 amide bonds. The molecule has 2 atom stereocenters. The molecule has 0 radical (unpaired) electrons. The lowest BCUT2D eigenvalue weighted by Gasteiger charge is -2.31. The Balaban J connectivity index is 1.25. The Morgan fingerprint density at radius 2 is 1.97 bits per heavy atom. The summed E-state index contributed by atoms with van der Waals surface area (Å²) >= 11 is 0. The van der Waals surface area contributed by atoms with E-state index < -0.39 is 18.2 Å². The molecule has 5 rings (SSSR count). The minimum atomic E-state index is -0.974. The van der Waals surface area contributed by atoms with Gasteiger partial charge in [0.2, 0.25) is 17.8 Å². The zero-order chi connectivity index (χ0) is 22.2. The molecule has 2 unspecified atom stereocenters. The summed E-state index contributed by atoms with van der Waals surface area (Å²) in [6.07, 6.45) is 6.14. The number of rotatable bonds is 5. The van der Waals surface area contributed by atoms with Crippen LogP contribution in [0.15, 0.2) is 30.6 Å². The number of fused-ring (bicyclic) bond motifs is 1. The van der Waals surface area contributed by atoms with E-state index in [1.807, 2.05) is 0 Å². The van der Waals surface area contributed by atoms with Crippen LogP contribution >= 0.6 is 0 Å².